The first kappa shape index (κ1) is 24.4. The predicted molar refractivity (Wildman–Crippen MR) is 104 cm³/mol. The van der Waals surface area contributed by atoms with Gasteiger partial charge in [-0.05, 0) is 5.56 Å². The standard InChI is InChI=1S/C19H20F3N3O5S/c1-4-6-15(12-31(27,28)5-2)17(26)25(29-3)11-13-7-9-14(10-8-13)16-23-18(30-24-16)19(20,21)22/h1,7-10,15H,5-6,11-12H2,2-3H3. The molecule has 0 radical (unpaired) electrons. The quantitative estimate of drug-likeness (QED) is 0.420. The van der Waals surface area contributed by atoms with Crippen molar-refractivity contribution in [3.63, 3.8) is 0 Å². The number of hydroxylamine groups is 2. The molecule has 1 atom stereocenters. The average molecular weight is 459 g/mol. The molecule has 2 rings (SSSR count). The molecule has 31 heavy (non-hydrogen) atoms. The Morgan fingerprint density at radius 2 is 1.97 bits per heavy atom. The highest BCUT2D eigenvalue weighted by Crippen LogP contribution is 2.29. The van der Waals surface area contributed by atoms with Crippen LogP contribution in [0, 0.1) is 18.3 Å². The van der Waals surface area contributed by atoms with Gasteiger partial charge in [-0.15, -0.1) is 12.3 Å². The molecule has 0 aliphatic rings. The first-order valence-corrected chi connectivity index (χ1v) is 10.8. The van der Waals surface area contributed by atoms with E-state index in [4.69, 9.17) is 11.3 Å². The fraction of sp³-hybridized carbons (Fsp3) is 0.421. The second-order valence-corrected chi connectivity index (χ2v) is 8.88. The van der Waals surface area contributed by atoms with E-state index in [1.807, 2.05) is 0 Å². The van der Waals surface area contributed by atoms with Crippen molar-refractivity contribution in [1.29, 1.82) is 0 Å². The average Bonchev–Trinajstić information content (AvgIpc) is 3.22. The highest BCUT2D eigenvalue weighted by molar-refractivity contribution is 7.91. The van der Waals surface area contributed by atoms with Gasteiger partial charge in [0.05, 0.1) is 25.3 Å². The molecule has 1 aromatic carbocycles. The smallest absolute Gasteiger partial charge is 0.329 e. The Bertz CT molecular complexity index is 1040. The van der Waals surface area contributed by atoms with Crippen molar-refractivity contribution in [3.8, 4) is 23.7 Å². The van der Waals surface area contributed by atoms with Crippen LogP contribution in [-0.2, 0) is 32.2 Å². The second-order valence-electron chi connectivity index (χ2n) is 6.48. The first-order valence-electron chi connectivity index (χ1n) is 9.00. The van der Waals surface area contributed by atoms with Crippen molar-refractivity contribution in [2.75, 3.05) is 18.6 Å². The number of halogens is 3. The lowest BCUT2D eigenvalue weighted by molar-refractivity contribution is -0.183. The van der Waals surface area contributed by atoms with Crippen LogP contribution < -0.4 is 0 Å². The molecular formula is C19H20F3N3O5S. The third-order valence-electron chi connectivity index (χ3n) is 4.28. The maximum Gasteiger partial charge on any atom is 0.471 e. The van der Waals surface area contributed by atoms with Crippen LogP contribution in [0.4, 0.5) is 13.2 Å². The predicted octanol–water partition coefficient (Wildman–Crippen LogP) is 2.72. The molecule has 0 aliphatic carbocycles. The first-order chi connectivity index (χ1) is 14.5. The van der Waals surface area contributed by atoms with Gasteiger partial charge in [0.1, 0.15) is 0 Å². The molecule has 1 unspecified atom stereocenters. The van der Waals surface area contributed by atoms with Crippen LogP contribution in [0.2, 0.25) is 0 Å². The Morgan fingerprint density at radius 1 is 1.32 bits per heavy atom. The molecule has 0 saturated heterocycles. The van der Waals surface area contributed by atoms with Crippen LogP contribution in [0.15, 0.2) is 28.8 Å². The van der Waals surface area contributed by atoms with Gasteiger partial charge in [0.25, 0.3) is 5.91 Å². The number of alkyl halides is 3. The van der Waals surface area contributed by atoms with Crippen LogP contribution in [0.25, 0.3) is 11.4 Å². The normalized spacial score (nSPS) is 12.9. The molecule has 1 amide bonds. The number of hydrogen-bond acceptors (Lipinski definition) is 7. The minimum Gasteiger partial charge on any atom is -0.329 e. The Kier molecular flexibility index (Phi) is 7.80. The maximum atomic E-state index is 12.7. The highest BCUT2D eigenvalue weighted by Gasteiger charge is 2.38. The summed E-state index contributed by atoms with van der Waals surface area (Å²) >= 11 is 0. The fourth-order valence-corrected chi connectivity index (χ4v) is 3.71. The Balaban J connectivity index is 2.15. The highest BCUT2D eigenvalue weighted by atomic mass is 32.2. The number of rotatable bonds is 9. The maximum absolute atomic E-state index is 12.7. The minimum atomic E-state index is -4.75. The summed E-state index contributed by atoms with van der Waals surface area (Å²) in [5, 5.41) is 4.29. The van der Waals surface area contributed by atoms with Crippen LogP contribution in [0.1, 0.15) is 24.8 Å². The number of sulfone groups is 1. The van der Waals surface area contributed by atoms with E-state index in [0.717, 1.165) is 5.06 Å². The molecular weight excluding hydrogens is 439 g/mol. The molecule has 0 fully saturated rings. The summed E-state index contributed by atoms with van der Waals surface area (Å²) in [6, 6.07) is 5.99. The lowest BCUT2D eigenvalue weighted by Crippen LogP contribution is -2.38. The van der Waals surface area contributed by atoms with Gasteiger partial charge in [-0.2, -0.15) is 18.2 Å². The number of hydrogen-bond donors (Lipinski definition) is 0. The topological polar surface area (TPSA) is 103 Å². The summed E-state index contributed by atoms with van der Waals surface area (Å²) in [5.41, 5.74) is 0.842. The van der Waals surface area contributed by atoms with E-state index >= 15 is 0 Å². The largest absolute Gasteiger partial charge is 0.471 e. The van der Waals surface area contributed by atoms with Crippen molar-refractivity contribution < 1.29 is 35.7 Å². The molecule has 12 heteroatoms. The molecule has 0 aliphatic heterocycles. The van der Waals surface area contributed by atoms with Crippen molar-refractivity contribution in [2.24, 2.45) is 5.92 Å². The second kappa shape index (κ2) is 9.93. The number of carbonyl (C=O) groups is 1. The zero-order valence-electron chi connectivity index (χ0n) is 16.7. The number of nitrogens with zero attached hydrogens (tertiary/aromatic N) is 3. The molecule has 0 bridgehead atoms. The third kappa shape index (κ3) is 6.53. The molecule has 168 valence electrons. The minimum absolute atomic E-state index is 0.0388. The Labute approximate surface area is 177 Å². The van der Waals surface area contributed by atoms with Crippen LogP contribution in [0.3, 0.4) is 0 Å². The van der Waals surface area contributed by atoms with Gasteiger partial charge in [0.2, 0.25) is 5.82 Å². The third-order valence-corrected chi connectivity index (χ3v) is 6.07. The van der Waals surface area contributed by atoms with Gasteiger partial charge < -0.3 is 4.52 Å². The Hall–Kier alpha value is -2.91. The van der Waals surface area contributed by atoms with Gasteiger partial charge in [0, 0.05) is 17.7 Å². The van der Waals surface area contributed by atoms with Crippen molar-refractivity contribution >= 4 is 15.7 Å². The number of amides is 1. The van der Waals surface area contributed by atoms with Gasteiger partial charge in [0.15, 0.2) is 9.84 Å². The lowest BCUT2D eigenvalue weighted by Gasteiger charge is -2.24. The van der Waals surface area contributed by atoms with Gasteiger partial charge in [-0.3, -0.25) is 9.63 Å². The molecule has 0 spiro atoms. The summed E-state index contributed by atoms with van der Waals surface area (Å²) in [7, 11) is -2.19. The van der Waals surface area contributed by atoms with Gasteiger partial charge in [-0.1, -0.05) is 36.3 Å². The van der Waals surface area contributed by atoms with E-state index in [1.165, 1.54) is 38.3 Å². The van der Waals surface area contributed by atoms with E-state index in [-0.39, 0.29) is 30.1 Å². The van der Waals surface area contributed by atoms with Gasteiger partial charge in [-0.25, -0.2) is 13.5 Å². The lowest BCUT2D eigenvalue weighted by atomic mass is 10.1. The SMILES string of the molecule is C#CCC(CS(=O)(=O)CC)C(=O)N(Cc1ccc(-c2noc(C(F)(F)F)n2)cc1)OC. The summed E-state index contributed by atoms with van der Waals surface area (Å²) in [6.45, 7) is 1.44. The summed E-state index contributed by atoms with van der Waals surface area (Å²) < 4.78 is 65.8. The van der Waals surface area contributed by atoms with E-state index < -0.39 is 39.5 Å². The monoisotopic (exact) mass is 459 g/mol. The van der Waals surface area contributed by atoms with Gasteiger partial charge >= 0.3 is 12.1 Å². The van der Waals surface area contributed by atoms with E-state index in [0.29, 0.717) is 5.56 Å². The molecule has 1 heterocycles. The van der Waals surface area contributed by atoms with Crippen LogP contribution in [0.5, 0.6) is 0 Å². The molecule has 0 N–H and O–H groups in total. The molecule has 0 saturated carbocycles. The molecule has 2 aromatic rings. The number of benzene rings is 1. The Morgan fingerprint density at radius 3 is 2.45 bits per heavy atom. The number of aromatic nitrogens is 2. The van der Waals surface area contributed by atoms with E-state index in [9.17, 15) is 26.4 Å². The molecule has 8 nitrogen and oxygen atoms in total. The zero-order chi connectivity index (χ0) is 23.2. The van der Waals surface area contributed by atoms with Crippen LogP contribution in [-0.4, -0.2) is 48.1 Å². The summed E-state index contributed by atoms with van der Waals surface area (Å²) in [6.07, 6.45) is 0.457. The van der Waals surface area contributed by atoms with Crippen molar-refractivity contribution in [1.82, 2.24) is 15.2 Å². The van der Waals surface area contributed by atoms with Crippen molar-refractivity contribution in [3.05, 3.63) is 35.7 Å². The summed E-state index contributed by atoms with van der Waals surface area (Å²) in [4.78, 5) is 21.2. The number of terminal acetylenes is 1. The fourth-order valence-electron chi connectivity index (χ4n) is 2.60. The molecule has 1 aromatic heterocycles. The van der Waals surface area contributed by atoms with Crippen molar-refractivity contribution in [2.45, 2.75) is 26.1 Å². The zero-order valence-corrected chi connectivity index (χ0v) is 17.5. The van der Waals surface area contributed by atoms with E-state index in [1.54, 1.807) is 0 Å². The number of carbonyl (C=O) groups excluding carboxylic acids is 1. The summed E-state index contributed by atoms with van der Waals surface area (Å²) in [5.74, 6) is -1.46. The van der Waals surface area contributed by atoms with Crippen LogP contribution >= 0.6 is 0 Å². The van der Waals surface area contributed by atoms with E-state index in [2.05, 4.69) is 20.6 Å².